The number of hydrogen-bond donors (Lipinski definition) is 1. The lowest BCUT2D eigenvalue weighted by Gasteiger charge is -2.31. The first-order valence-electron chi connectivity index (χ1n) is 7.72. The molecule has 0 spiro atoms. The number of anilines is 1. The van der Waals surface area contributed by atoms with Gasteiger partial charge >= 0.3 is 0 Å². The van der Waals surface area contributed by atoms with Gasteiger partial charge in [-0.1, -0.05) is 11.6 Å². The SMILES string of the molecule is C[C@H](CCCN)N(c1cc(F)ccc1F)S(=O)(=O)c1ccc(Cl)cc1. The van der Waals surface area contributed by atoms with E-state index in [-0.39, 0.29) is 10.6 Å². The summed E-state index contributed by atoms with van der Waals surface area (Å²) in [5.74, 6) is -1.54. The second-order valence-electron chi connectivity index (χ2n) is 5.63. The standard InChI is InChI=1S/C17H19ClF2N2O2S/c1-12(3-2-10-21)22(17-11-14(19)6-9-16(17)20)25(23,24)15-7-4-13(18)5-8-15/h4-9,11-12H,2-3,10,21H2,1H3/t12-/m1/s1. The number of nitrogens with zero attached hydrogens (tertiary/aromatic N) is 1. The van der Waals surface area contributed by atoms with Crippen molar-refractivity contribution in [2.45, 2.75) is 30.7 Å². The van der Waals surface area contributed by atoms with E-state index in [1.165, 1.54) is 24.3 Å². The molecule has 0 amide bonds. The third kappa shape index (κ3) is 4.48. The number of rotatable bonds is 7. The minimum Gasteiger partial charge on any atom is -0.330 e. The summed E-state index contributed by atoms with van der Waals surface area (Å²) in [6, 6.07) is 7.64. The first kappa shape index (κ1) is 19.6. The third-order valence-electron chi connectivity index (χ3n) is 3.74. The fraction of sp³-hybridized carbons (Fsp3) is 0.294. The van der Waals surface area contributed by atoms with E-state index in [9.17, 15) is 17.2 Å². The van der Waals surface area contributed by atoms with Gasteiger partial charge in [-0.05, 0) is 62.7 Å². The fourth-order valence-corrected chi connectivity index (χ4v) is 4.32. The van der Waals surface area contributed by atoms with E-state index in [1.54, 1.807) is 6.92 Å². The van der Waals surface area contributed by atoms with E-state index in [0.29, 0.717) is 24.4 Å². The van der Waals surface area contributed by atoms with Crippen LogP contribution >= 0.6 is 11.6 Å². The van der Waals surface area contributed by atoms with E-state index >= 15 is 0 Å². The number of benzene rings is 2. The molecule has 0 fully saturated rings. The summed E-state index contributed by atoms with van der Waals surface area (Å²) in [6.45, 7) is 2.00. The van der Waals surface area contributed by atoms with Crippen LogP contribution in [-0.4, -0.2) is 21.0 Å². The average Bonchev–Trinajstić information content (AvgIpc) is 2.56. The van der Waals surface area contributed by atoms with Crippen LogP contribution in [-0.2, 0) is 10.0 Å². The number of hydrogen-bond acceptors (Lipinski definition) is 3. The molecule has 25 heavy (non-hydrogen) atoms. The summed E-state index contributed by atoms with van der Waals surface area (Å²) in [7, 11) is -4.11. The zero-order valence-electron chi connectivity index (χ0n) is 13.6. The van der Waals surface area contributed by atoms with Crippen LogP contribution in [0.4, 0.5) is 14.5 Å². The van der Waals surface area contributed by atoms with Crippen LogP contribution in [0.1, 0.15) is 19.8 Å². The molecule has 4 nitrogen and oxygen atoms in total. The molecular formula is C17H19ClF2N2O2S. The lowest BCUT2D eigenvalue weighted by Crippen LogP contribution is -2.39. The van der Waals surface area contributed by atoms with Crippen LogP contribution in [0, 0.1) is 11.6 Å². The summed E-state index contributed by atoms with van der Waals surface area (Å²) in [5.41, 5.74) is 5.16. The van der Waals surface area contributed by atoms with Crippen LogP contribution in [0.15, 0.2) is 47.4 Å². The lowest BCUT2D eigenvalue weighted by molar-refractivity contribution is 0.552. The van der Waals surface area contributed by atoms with Crippen molar-refractivity contribution in [2.24, 2.45) is 5.73 Å². The minimum atomic E-state index is -4.11. The van der Waals surface area contributed by atoms with Gasteiger partial charge < -0.3 is 5.73 Å². The molecule has 0 bridgehead atoms. The molecule has 2 aromatic rings. The Morgan fingerprint density at radius 1 is 1.16 bits per heavy atom. The Labute approximate surface area is 151 Å². The molecular weight excluding hydrogens is 370 g/mol. The quantitative estimate of drug-likeness (QED) is 0.781. The van der Waals surface area contributed by atoms with E-state index in [2.05, 4.69) is 0 Å². The van der Waals surface area contributed by atoms with E-state index < -0.39 is 27.7 Å². The highest BCUT2D eigenvalue weighted by molar-refractivity contribution is 7.92. The van der Waals surface area contributed by atoms with E-state index in [1.807, 2.05) is 0 Å². The maximum absolute atomic E-state index is 14.3. The molecule has 0 aliphatic carbocycles. The molecule has 0 unspecified atom stereocenters. The summed E-state index contributed by atoms with van der Waals surface area (Å²) >= 11 is 5.80. The van der Waals surface area contributed by atoms with Crippen molar-refractivity contribution >= 4 is 27.3 Å². The van der Waals surface area contributed by atoms with Crippen LogP contribution in [0.5, 0.6) is 0 Å². The first-order chi connectivity index (χ1) is 11.8. The second kappa shape index (κ2) is 8.12. The van der Waals surface area contributed by atoms with E-state index in [4.69, 9.17) is 17.3 Å². The van der Waals surface area contributed by atoms with Crippen LogP contribution < -0.4 is 10.0 Å². The highest BCUT2D eigenvalue weighted by atomic mass is 35.5. The average molecular weight is 389 g/mol. The van der Waals surface area contributed by atoms with Crippen LogP contribution in [0.2, 0.25) is 5.02 Å². The number of halogens is 3. The summed E-state index contributed by atoms with van der Waals surface area (Å²) in [5, 5.41) is 0.374. The molecule has 0 saturated carbocycles. The molecule has 0 heterocycles. The van der Waals surface area contributed by atoms with Gasteiger partial charge in [0.15, 0.2) is 0 Å². The Kier molecular flexibility index (Phi) is 6.37. The van der Waals surface area contributed by atoms with Gasteiger partial charge in [-0.2, -0.15) is 0 Å². The van der Waals surface area contributed by atoms with Crippen molar-refractivity contribution in [3.8, 4) is 0 Å². The Morgan fingerprint density at radius 3 is 2.40 bits per heavy atom. The second-order valence-corrected chi connectivity index (χ2v) is 7.88. The molecule has 2 N–H and O–H groups in total. The Hall–Kier alpha value is -1.70. The molecule has 0 radical (unpaired) electrons. The smallest absolute Gasteiger partial charge is 0.264 e. The highest BCUT2D eigenvalue weighted by Gasteiger charge is 2.31. The predicted molar refractivity (Wildman–Crippen MR) is 95.2 cm³/mol. The van der Waals surface area contributed by atoms with E-state index in [0.717, 1.165) is 22.5 Å². The summed E-state index contributed by atoms with van der Waals surface area (Å²) in [4.78, 5) is -0.0554. The monoisotopic (exact) mass is 388 g/mol. The molecule has 8 heteroatoms. The van der Waals surface area contributed by atoms with Crippen molar-refractivity contribution in [1.82, 2.24) is 0 Å². The van der Waals surface area contributed by atoms with Gasteiger partial charge in [0.2, 0.25) is 0 Å². The molecule has 0 saturated heterocycles. The minimum absolute atomic E-state index is 0.0554. The zero-order valence-corrected chi connectivity index (χ0v) is 15.2. The molecule has 1 atom stereocenters. The largest absolute Gasteiger partial charge is 0.330 e. The van der Waals surface area contributed by atoms with Gasteiger partial charge in [-0.15, -0.1) is 0 Å². The Balaban J connectivity index is 2.57. The van der Waals surface area contributed by atoms with Gasteiger partial charge in [-0.3, -0.25) is 4.31 Å². The van der Waals surface area contributed by atoms with Crippen molar-refractivity contribution in [2.75, 3.05) is 10.8 Å². The fourth-order valence-electron chi connectivity index (χ4n) is 2.51. The van der Waals surface area contributed by atoms with Crippen molar-refractivity contribution in [3.05, 3.63) is 59.1 Å². The third-order valence-corrected chi connectivity index (χ3v) is 5.94. The molecule has 0 aliphatic rings. The van der Waals surface area contributed by atoms with Crippen molar-refractivity contribution in [1.29, 1.82) is 0 Å². The maximum atomic E-state index is 14.3. The molecule has 136 valence electrons. The van der Waals surface area contributed by atoms with Gasteiger partial charge in [0.1, 0.15) is 11.6 Å². The first-order valence-corrected chi connectivity index (χ1v) is 9.54. The van der Waals surface area contributed by atoms with Crippen LogP contribution in [0.3, 0.4) is 0 Å². The van der Waals surface area contributed by atoms with Gasteiger partial charge in [0.25, 0.3) is 10.0 Å². The van der Waals surface area contributed by atoms with Gasteiger partial charge in [0.05, 0.1) is 10.6 Å². The zero-order chi connectivity index (χ0) is 18.6. The molecule has 2 aromatic carbocycles. The summed E-state index contributed by atoms with van der Waals surface area (Å²) < 4.78 is 55.0. The topological polar surface area (TPSA) is 63.4 Å². The Bertz CT molecular complexity index is 829. The van der Waals surface area contributed by atoms with Crippen molar-refractivity contribution < 1.29 is 17.2 Å². The number of nitrogens with two attached hydrogens (primary N) is 1. The van der Waals surface area contributed by atoms with Gasteiger partial charge in [0, 0.05) is 17.1 Å². The predicted octanol–water partition coefficient (Wildman–Crippen LogP) is 3.94. The van der Waals surface area contributed by atoms with Gasteiger partial charge in [-0.25, -0.2) is 17.2 Å². The van der Waals surface area contributed by atoms with Crippen LogP contribution in [0.25, 0.3) is 0 Å². The molecule has 2 rings (SSSR count). The highest BCUT2D eigenvalue weighted by Crippen LogP contribution is 2.31. The number of sulfonamides is 1. The van der Waals surface area contributed by atoms with Crippen molar-refractivity contribution in [3.63, 3.8) is 0 Å². The maximum Gasteiger partial charge on any atom is 0.264 e. The Morgan fingerprint density at radius 2 is 1.80 bits per heavy atom. The lowest BCUT2D eigenvalue weighted by atomic mass is 10.1. The summed E-state index contributed by atoms with van der Waals surface area (Å²) in [6.07, 6.45) is 0.948. The normalized spacial score (nSPS) is 12.8. The molecule has 0 aliphatic heterocycles. The molecule has 0 aromatic heterocycles.